The average molecular weight is 234 g/mol. The molecule has 94 valence electrons. The zero-order valence-electron chi connectivity index (χ0n) is 10.5. The number of nitrogens with one attached hydrogen (secondary N) is 1. The van der Waals surface area contributed by atoms with E-state index in [1.54, 1.807) is 6.20 Å². The van der Waals surface area contributed by atoms with Gasteiger partial charge < -0.3 is 5.43 Å². The van der Waals surface area contributed by atoms with Crippen molar-refractivity contribution < 1.29 is 0 Å². The molecular weight excluding hydrogens is 212 g/mol. The third-order valence-corrected chi connectivity index (χ3v) is 3.61. The van der Waals surface area contributed by atoms with Crippen LogP contribution in [0.15, 0.2) is 18.3 Å². The Bertz CT molecular complexity index is 349. The Balaban J connectivity index is 1.96. The van der Waals surface area contributed by atoms with Crippen molar-refractivity contribution >= 4 is 5.82 Å². The highest BCUT2D eigenvalue weighted by molar-refractivity contribution is 5.42. The molecule has 0 amide bonds. The van der Waals surface area contributed by atoms with Gasteiger partial charge in [0.05, 0.1) is 0 Å². The number of aromatic nitrogens is 1. The fourth-order valence-corrected chi connectivity index (χ4v) is 2.28. The quantitative estimate of drug-likeness (QED) is 0.584. The summed E-state index contributed by atoms with van der Waals surface area (Å²) in [6.45, 7) is 5.43. The molecule has 0 aromatic carbocycles. The predicted molar refractivity (Wildman–Crippen MR) is 70.3 cm³/mol. The summed E-state index contributed by atoms with van der Waals surface area (Å²) in [5, 5.41) is 0. The molecule has 0 unspecified atom stereocenters. The molecular formula is C13H22N4. The number of nitrogen functional groups attached to an aromatic ring is 1. The number of hydrogen-bond donors (Lipinski definition) is 2. The van der Waals surface area contributed by atoms with Crippen molar-refractivity contribution in [1.82, 2.24) is 9.88 Å². The summed E-state index contributed by atoms with van der Waals surface area (Å²) in [5.74, 6) is 7.17. The summed E-state index contributed by atoms with van der Waals surface area (Å²) >= 11 is 0. The lowest BCUT2D eigenvalue weighted by Crippen LogP contribution is -2.32. The van der Waals surface area contributed by atoms with Crippen LogP contribution in [0.5, 0.6) is 0 Å². The number of rotatable bonds is 6. The van der Waals surface area contributed by atoms with E-state index in [9.17, 15) is 0 Å². The van der Waals surface area contributed by atoms with E-state index in [0.29, 0.717) is 0 Å². The van der Waals surface area contributed by atoms with Crippen molar-refractivity contribution in [2.45, 2.75) is 32.7 Å². The molecule has 2 rings (SSSR count). The highest BCUT2D eigenvalue weighted by Crippen LogP contribution is 2.27. The van der Waals surface area contributed by atoms with Gasteiger partial charge >= 0.3 is 0 Å². The molecule has 0 bridgehead atoms. The Morgan fingerprint density at radius 1 is 1.53 bits per heavy atom. The Hall–Kier alpha value is -1.13. The maximum atomic E-state index is 5.48. The van der Waals surface area contributed by atoms with Gasteiger partial charge in [0, 0.05) is 24.8 Å². The van der Waals surface area contributed by atoms with E-state index in [4.69, 9.17) is 5.84 Å². The normalized spacial score (nSPS) is 15.9. The molecule has 17 heavy (non-hydrogen) atoms. The lowest BCUT2D eigenvalue weighted by molar-refractivity contribution is 0.178. The van der Waals surface area contributed by atoms with Gasteiger partial charge in [0.25, 0.3) is 0 Å². The summed E-state index contributed by atoms with van der Waals surface area (Å²) in [6, 6.07) is 4.05. The maximum Gasteiger partial charge on any atom is 0.144 e. The largest absolute Gasteiger partial charge is 0.308 e. The molecule has 1 saturated carbocycles. The van der Waals surface area contributed by atoms with Crippen molar-refractivity contribution in [3.8, 4) is 0 Å². The van der Waals surface area contributed by atoms with Crippen LogP contribution in [0.3, 0.4) is 0 Å². The fourth-order valence-electron chi connectivity index (χ4n) is 2.28. The minimum atomic E-state index is 0.791. The van der Waals surface area contributed by atoms with Gasteiger partial charge in [-0.1, -0.05) is 19.4 Å². The molecule has 4 heteroatoms. The maximum absolute atomic E-state index is 5.48. The lowest BCUT2D eigenvalue weighted by Gasteiger charge is -2.32. The van der Waals surface area contributed by atoms with E-state index in [-0.39, 0.29) is 0 Å². The third kappa shape index (κ3) is 3.17. The topological polar surface area (TPSA) is 54.2 Å². The van der Waals surface area contributed by atoms with Crippen molar-refractivity contribution in [3.63, 3.8) is 0 Å². The molecule has 0 radical (unpaired) electrons. The lowest BCUT2D eigenvalue weighted by atomic mass is 9.85. The number of hydrazine groups is 1. The van der Waals surface area contributed by atoms with Crippen molar-refractivity contribution in [2.75, 3.05) is 18.5 Å². The first-order valence-corrected chi connectivity index (χ1v) is 6.46. The van der Waals surface area contributed by atoms with Crippen molar-refractivity contribution in [3.05, 3.63) is 23.9 Å². The molecule has 1 fully saturated rings. The molecule has 1 aliphatic carbocycles. The van der Waals surface area contributed by atoms with Gasteiger partial charge in [-0.25, -0.2) is 10.8 Å². The number of pyridine rings is 1. The van der Waals surface area contributed by atoms with Gasteiger partial charge in [0.1, 0.15) is 5.82 Å². The number of anilines is 1. The zero-order chi connectivity index (χ0) is 12.1. The average Bonchev–Trinajstić information content (AvgIpc) is 2.32. The van der Waals surface area contributed by atoms with Crippen LogP contribution in [0, 0.1) is 5.92 Å². The SMILES string of the molecule is CCN(Cc1cccnc1NN)CC1CCC1. The van der Waals surface area contributed by atoms with E-state index in [1.165, 1.54) is 31.4 Å². The monoisotopic (exact) mass is 234 g/mol. The van der Waals surface area contributed by atoms with Gasteiger partial charge in [0.2, 0.25) is 0 Å². The van der Waals surface area contributed by atoms with E-state index in [2.05, 4.69) is 28.3 Å². The molecule has 3 N–H and O–H groups in total. The summed E-state index contributed by atoms with van der Waals surface area (Å²) in [6.07, 6.45) is 5.96. The first-order valence-electron chi connectivity index (χ1n) is 6.46. The minimum Gasteiger partial charge on any atom is -0.308 e. The van der Waals surface area contributed by atoms with Crippen LogP contribution in [-0.4, -0.2) is 23.0 Å². The first-order chi connectivity index (χ1) is 8.33. The Morgan fingerprint density at radius 3 is 2.94 bits per heavy atom. The number of nitrogens with zero attached hydrogens (tertiary/aromatic N) is 2. The molecule has 0 atom stereocenters. The van der Waals surface area contributed by atoms with Crippen LogP contribution in [-0.2, 0) is 6.54 Å². The van der Waals surface area contributed by atoms with Crippen molar-refractivity contribution in [1.29, 1.82) is 0 Å². The van der Waals surface area contributed by atoms with Crippen LogP contribution in [0.4, 0.5) is 5.82 Å². The second-order valence-corrected chi connectivity index (χ2v) is 4.78. The number of hydrogen-bond acceptors (Lipinski definition) is 4. The highest BCUT2D eigenvalue weighted by Gasteiger charge is 2.20. The molecule has 1 aliphatic rings. The van der Waals surface area contributed by atoms with E-state index in [0.717, 1.165) is 24.8 Å². The van der Waals surface area contributed by atoms with E-state index in [1.807, 2.05) is 6.07 Å². The second-order valence-electron chi connectivity index (χ2n) is 4.78. The first kappa shape index (κ1) is 12.3. The summed E-state index contributed by atoms with van der Waals surface area (Å²) in [5.41, 5.74) is 3.85. The Morgan fingerprint density at radius 2 is 2.35 bits per heavy atom. The summed E-state index contributed by atoms with van der Waals surface area (Å²) in [4.78, 5) is 6.71. The fraction of sp³-hybridized carbons (Fsp3) is 0.615. The van der Waals surface area contributed by atoms with Gasteiger partial charge in [0.15, 0.2) is 0 Å². The van der Waals surface area contributed by atoms with Crippen LogP contribution in [0.2, 0.25) is 0 Å². The zero-order valence-corrected chi connectivity index (χ0v) is 10.5. The predicted octanol–water partition coefficient (Wildman–Crippen LogP) is 1.99. The van der Waals surface area contributed by atoms with Gasteiger partial charge in [-0.05, 0) is 31.4 Å². The molecule has 1 aromatic rings. The van der Waals surface area contributed by atoms with Gasteiger partial charge in [-0.2, -0.15) is 0 Å². The third-order valence-electron chi connectivity index (χ3n) is 3.61. The standard InChI is InChI=1S/C13H22N4/c1-2-17(9-11-5-3-6-11)10-12-7-4-8-15-13(12)16-14/h4,7-8,11H,2-3,5-6,9-10,14H2,1H3,(H,15,16). The van der Waals surface area contributed by atoms with Crippen LogP contribution in [0.1, 0.15) is 31.7 Å². The molecule has 1 heterocycles. The second kappa shape index (κ2) is 5.98. The van der Waals surface area contributed by atoms with Gasteiger partial charge in [-0.3, -0.25) is 4.90 Å². The van der Waals surface area contributed by atoms with E-state index >= 15 is 0 Å². The molecule has 0 spiro atoms. The van der Waals surface area contributed by atoms with E-state index < -0.39 is 0 Å². The van der Waals surface area contributed by atoms with Crippen LogP contribution < -0.4 is 11.3 Å². The summed E-state index contributed by atoms with van der Waals surface area (Å²) < 4.78 is 0. The van der Waals surface area contributed by atoms with Crippen LogP contribution in [0.25, 0.3) is 0 Å². The molecule has 0 saturated heterocycles. The molecule has 0 aliphatic heterocycles. The number of nitrogens with two attached hydrogens (primary N) is 1. The van der Waals surface area contributed by atoms with Crippen LogP contribution >= 0.6 is 0 Å². The smallest absolute Gasteiger partial charge is 0.144 e. The Kier molecular flexibility index (Phi) is 4.34. The molecule has 4 nitrogen and oxygen atoms in total. The Labute approximate surface area is 103 Å². The van der Waals surface area contributed by atoms with Gasteiger partial charge in [-0.15, -0.1) is 0 Å². The molecule has 1 aromatic heterocycles. The highest BCUT2D eigenvalue weighted by atomic mass is 15.3. The van der Waals surface area contributed by atoms with Crippen molar-refractivity contribution in [2.24, 2.45) is 11.8 Å². The summed E-state index contributed by atoms with van der Waals surface area (Å²) in [7, 11) is 0. The minimum absolute atomic E-state index is 0.791.